The summed E-state index contributed by atoms with van der Waals surface area (Å²) in [5.74, 6) is 0.539. The number of halogens is 1. The minimum absolute atomic E-state index is 0.00393. The lowest BCUT2D eigenvalue weighted by Crippen LogP contribution is -2.20. The number of carbonyl (C=O) groups excluding carboxylic acids is 1. The molecule has 0 spiro atoms. The van der Waals surface area contributed by atoms with Crippen LogP contribution in [0.25, 0.3) is 0 Å². The third-order valence-electron chi connectivity index (χ3n) is 3.43. The maximum absolute atomic E-state index is 11.9. The Kier molecular flexibility index (Phi) is 5.61. The Labute approximate surface area is 139 Å². The molecule has 0 heterocycles. The minimum Gasteiger partial charge on any atom is -0.484 e. The van der Waals surface area contributed by atoms with Crippen LogP contribution >= 0.6 is 15.9 Å². The summed E-state index contributed by atoms with van der Waals surface area (Å²) in [6.07, 6.45) is 0.986. The van der Waals surface area contributed by atoms with E-state index in [-0.39, 0.29) is 12.5 Å². The zero-order chi connectivity index (χ0) is 16.1. The van der Waals surface area contributed by atoms with Crippen LogP contribution < -0.4 is 10.1 Å². The molecule has 116 valence electrons. The maximum Gasteiger partial charge on any atom is 0.262 e. The Morgan fingerprint density at radius 1 is 1.14 bits per heavy atom. The Morgan fingerprint density at radius 3 is 2.27 bits per heavy atom. The number of carbonyl (C=O) groups is 1. The predicted molar refractivity (Wildman–Crippen MR) is 93.6 cm³/mol. The fourth-order valence-corrected chi connectivity index (χ4v) is 2.39. The molecule has 22 heavy (non-hydrogen) atoms. The summed E-state index contributed by atoms with van der Waals surface area (Å²) < 4.78 is 6.64. The SMILES string of the molecule is CCc1ccc(NC(=O)COc2cc(C)c(Br)c(C)c2)cc1. The quantitative estimate of drug-likeness (QED) is 0.841. The van der Waals surface area contributed by atoms with E-state index in [4.69, 9.17) is 4.74 Å². The lowest BCUT2D eigenvalue weighted by molar-refractivity contribution is -0.118. The van der Waals surface area contributed by atoms with Crippen molar-refractivity contribution in [1.82, 2.24) is 0 Å². The first-order valence-electron chi connectivity index (χ1n) is 7.28. The van der Waals surface area contributed by atoms with E-state index in [1.54, 1.807) is 0 Å². The van der Waals surface area contributed by atoms with E-state index < -0.39 is 0 Å². The summed E-state index contributed by atoms with van der Waals surface area (Å²) in [5.41, 5.74) is 4.21. The number of anilines is 1. The molecule has 1 amide bonds. The molecule has 0 unspecified atom stereocenters. The van der Waals surface area contributed by atoms with Gasteiger partial charge in [0, 0.05) is 10.2 Å². The third kappa shape index (κ3) is 4.34. The molecule has 0 fully saturated rings. The molecule has 0 aliphatic heterocycles. The van der Waals surface area contributed by atoms with Crippen molar-refractivity contribution in [1.29, 1.82) is 0 Å². The van der Waals surface area contributed by atoms with Gasteiger partial charge in [-0.25, -0.2) is 0 Å². The van der Waals surface area contributed by atoms with E-state index in [9.17, 15) is 4.79 Å². The number of nitrogens with one attached hydrogen (secondary N) is 1. The molecule has 3 nitrogen and oxygen atoms in total. The number of benzene rings is 2. The maximum atomic E-state index is 11.9. The molecule has 0 aromatic heterocycles. The Balaban J connectivity index is 1.92. The van der Waals surface area contributed by atoms with Gasteiger partial charge in [-0.15, -0.1) is 0 Å². The second-order valence-electron chi connectivity index (χ2n) is 5.26. The van der Waals surface area contributed by atoms with Crippen LogP contribution in [-0.2, 0) is 11.2 Å². The lowest BCUT2D eigenvalue weighted by Gasteiger charge is -2.10. The van der Waals surface area contributed by atoms with E-state index in [0.717, 1.165) is 27.7 Å². The molecule has 0 saturated heterocycles. The van der Waals surface area contributed by atoms with Crippen LogP contribution in [0.5, 0.6) is 5.75 Å². The fourth-order valence-electron chi connectivity index (χ4n) is 2.16. The molecule has 2 aromatic carbocycles. The van der Waals surface area contributed by atoms with Crippen molar-refractivity contribution in [2.24, 2.45) is 0 Å². The van der Waals surface area contributed by atoms with Crippen molar-refractivity contribution in [2.45, 2.75) is 27.2 Å². The van der Waals surface area contributed by atoms with Crippen LogP contribution in [0.4, 0.5) is 5.69 Å². The lowest BCUT2D eigenvalue weighted by atomic mass is 10.1. The second-order valence-corrected chi connectivity index (χ2v) is 6.05. The molecule has 0 atom stereocenters. The van der Waals surface area contributed by atoms with E-state index in [1.165, 1.54) is 5.56 Å². The van der Waals surface area contributed by atoms with Gasteiger partial charge in [-0.2, -0.15) is 0 Å². The van der Waals surface area contributed by atoms with Gasteiger partial charge in [0.2, 0.25) is 0 Å². The summed E-state index contributed by atoms with van der Waals surface area (Å²) in [5, 5.41) is 2.83. The molecule has 2 rings (SSSR count). The molecule has 0 bridgehead atoms. The highest BCUT2D eigenvalue weighted by Crippen LogP contribution is 2.26. The highest BCUT2D eigenvalue weighted by atomic mass is 79.9. The van der Waals surface area contributed by atoms with Crippen LogP contribution in [0.2, 0.25) is 0 Å². The number of amides is 1. The van der Waals surface area contributed by atoms with Gasteiger partial charge in [-0.1, -0.05) is 35.0 Å². The standard InChI is InChI=1S/C18H20BrNO2/c1-4-14-5-7-15(8-6-14)20-17(21)11-22-16-9-12(2)18(19)13(3)10-16/h5-10H,4,11H2,1-3H3,(H,20,21). The molecule has 0 radical (unpaired) electrons. The normalized spacial score (nSPS) is 10.4. The molecular weight excluding hydrogens is 342 g/mol. The number of hydrogen-bond donors (Lipinski definition) is 1. The Bertz CT molecular complexity index is 642. The minimum atomic E-state index is -0.164. The van der Waals surface area contributed by atoms with Crippen LogP contribution in [0, 0.1) is 13.8 Å². The van der Waals surface area contributed by atoms with Crippen molar-refractivity contribution in [3.05, 3.63) is 57.6 Å². The van der Waals surface area contributed by atoms with Crippen molar-refractivity contribution >= 4 is 27.5 Å². The molecular formula is C18H20BrNO2. The first-order valence-corrected chi connectivity index (χ1v) is 8.07. The van der Waals surface area contributed by atoms with E-state index >= 15 is 0 Å². The van der Waals surface area contributed by atoms with E-state index in [2.05, 4.69) is 28.2 Å². The highest BCUT2D eigenvalue weighted by Gasteiger charge is 2.07. The highest BCUT2D eigenvalue weighted by molar-refractivity contribution is 9.10. The molecule has 0 aliphatic rings. The summed E-state index contributed by atoms with van der Waals surface area (Å²) in [4.78, 5) is 11.9. The average molecular weight is 362 g/mol. The molecule has 0 aliphatic carbocycles. The Morgan fingerprint density at radius 2 is 1.73 bits per heavy atom. The van der Waals surface area contributed by atoms with Gasteiger partial charge >= 0.3 is 0 Å². The predicted octanol–water partition coefficient (Wildman–Crippen LogP) is 4.65. The smallest absolute Gasteiger partial charge is 0.262 e. The van der Waals surface area contributed by atoms with Gasteiger partial charge < -0.3 is 10.1 Å². The van der Waals surface area contributed by atoms with Crippen molar-refractivity contribution in [3.63, 3.8) is 0 Å². The topological polar surface area (TPSA) is 38.3 Å². The van der Waals surface area contributed by atoms with Gasteiger partial charge in [0.25, 0.3) is 5.91 Å². The van der Waals surface area contributed by atoms with E-state index in [0.29, 0.717) is 5.75 Å². The number of hydrogen-bond acceptors (Lipinski definition) is 2. The summed E-state index contributed by atoms with van der Waals surface area (Å²) in [7, 11) is 0. The summed E-state index contributed by atoms with van der Waals surface area (Å²) in [6.45, 7) is 6.10. The van der Waals surface area contributed by atoms with Gasteiger partial charge in [0.05, 0.1) is 0 Å². The molecule has 2 aromatic rings. The molecule has 4 heteroatoms. The monoisotopic (exact) mass is 361 g/mol. The van der Waals surface area contributed by atoms with Crippen molar-refractivity contribution in [2.75, 3.05) is 11.9 Å². The molecule has 1 N–H and O–H groups in total. The van der Waals surface area contributed by atoms with Crippen molar-refractivity contribution < 1.29 is 9.53 Å². The van der Waals surface area contributed by atoms with Crippen molar-refractivity contribution in [3.8, 4) is 5.75 Å². The van der Waals surface area contributed by atoms with Crippen LogP contribution in [0.3, 0.4) is 0 Å². The average Bonchev–Trinajstić information content (AvgIpc) is 2.51. The number of aryl methyl sites for hydroxylation is 3. The first kappa shape index (κ1) is 16.6. The second kappa shape index (κ2) is 7.45. The number of rotatable bonds is 5. The largest absolute Gasteiger partial charge is 0.484 e. The van der Waals surface area contributed by atoms with Crippen LogP contribution in [0.1, 0.15) is 23.6 Å². The zero-order valence-electron chi connectivity index (χ0n) is 13.1. The molecule has 0 saturated carbocycles. The van der Waals surface area contributed by atoms with Gasteiger partial charge in [-0.3, -0.25) is 4.79 Å². The van der Waals surface area contributed by atoms with Gasteiger partial charge in [0.15, 0.2) is 6.61 Å². The van der Waals surface area contributed by atoms with Gasteiger partial charge in [0.1, 0.15) is 5.75 Å². The summed E-state index contributed by atoms with van der Waals surface area (Å²) >= 11 is 3.51. The summed E-state index contributed by atoms with van der Waals surface area (Å²) in [6, 6.07) is 11.7. The number of ether oxygens (including phenoxy) is 1. The zero-order valence-corrected chi connectivity index (χ0v) is 14.7. The van der Waals surface area contributed by atoms with Crippen LogP contribution in [0.15, 0.2) is 40.9 Å². The first-order chi connectivity index (χ1) is 10.5. The van der Waals surface area contributed by atoms with E-state index in [1.807, 2.05) is 50.2 Å². The Hall–Kier alpha value is -1.81. The third-order valence-corrected chi connectivity index (χ3v) is 4.68. The fraction of sp³-hybridized carbons (Fsp3) is 0.278. The van der Waals surface area contributed by atoms with Crippen LogP contribution in [-0.4, -0.2) is 12.5 Å². The van der Waals surface area contributed by atoms with Gasteiger partial charge in [-0.05, 0) is 61.2 Å².